The summed E-state index contributed by atoms with van der Waals surface area (Å²) in [5, 5.41) is 8.91. The van der Waals surface area contributed by atoms with Crippen molar-refractivity contribution in [3.63, 3.8) is 0 Å². The zero-order valence-corrected chi connectivity index (χ0v) is 11.9. The molecule has 1 aliphatic heterocycles. The number of nitrogens with zero attached hydrogens (tertiary/aromatic N) is 1. The number of allylic oxidation sites excluding steroid dienone is 2. The number of imide groups is 1. The Kier molecular flexibility index (Phi) is 3.88. The minimum Gasteiger partial charge on any atom is -0.396 e. The highest BCUT2D eigenvalue weighted by atomic mass is 16.3. The first-order valence-electron chi connectivity index (χ1n) is 7.45. The van der Waals surface area contributed by atoms with E-state index in [0.717, 1.165) is 12.0 Å². The molecule has 0 saturated carbocycles. The molecule has 1 N–H and O–H groups in total. The Hall–Kier alpha value is -1.94. The summed E-state index contributed by atoms with van der Waals surface area (Å²) in [5.41, 5.74) is 1.70. The summed E-state index contributed by atoms with van der Waals surface area (Å²) in [6.45, 7) is 0.140. The first-order valence-corrected chi connectivity index (χ1v) is 7.45. The van der Waals surface area contributed by atoms with Crippen molar-refractivity contribution in [2.45, 2.75) is 25.7 Å². The van der Waals surface area contributed by atoms with Crippen LogP contribution in [0.1, 0.15) is 24.8 Å². The highest BCUT2D eigenvalue weighted by molar-refractivity contribution is 6.22. The molecule has 0 aromatic heterocycles. The zero-order chi connectivity index (χ0) is 14.8. The molecule has 1 aliphatic carbocycles. The van der Waals surface area contributed by atoms with Crippen molar-refractivity contribution in [1.82, 2.24) is 0 Å². The number of carbonyl (C=O) groups excluding carboxylic acids is 2. The van der Waals surface area contributed by atoms with Crippen molar-refractivity contribution in [2.24, 2.45) is 11.8 Å². The lowest BCUT2D eigenvalue weighted by molar-refractivity contribution is -0.122. The Morgan fingerprint density at radius 3 is 2.38 bits per heavy atom. The number of anilines is 1. The van der Waals surface area contributed by atoms with Gasteiger partial charge in [0.15, 0.2) is 0 Å². The Balaban J connectivity index is 1.86. The quantitative estimate of drug-likeness (QED) is 0.680. The van der Waals surface area contributed by atoms with Gasteiger partial charge in [-0.15, -0.1) is 0 Å². The largest absolute Gasteiger partial charge is 0.396 e. The third-order valence-electron chi connectivity index (χ3n) is 4.30. The second-order valence-corrected chi connectivity index (χ2v) is 5.66. The third kappa shape index (κ3) is 2.51. The van der Waals surface area contributed by atoms with Crippen LogP contribution in [0.2, 0.25) is 0 Å². The SMILES string of the molecule is O=C1[C@H]2CC=CC[C@H]2C(=O)N1c1cccc(CCCO)c1. The third-order valence-corrected chi connectivity index (χ3v) is 4.30. The molecule has 1 saturated heterocycles. The fourth-order valence-corrected chi connectivity index (χ4v) is 3.19. The number of hydrogen-bond acceptors (Lipinski definition) is 3. The maximum atomic E-state index is 12.5. The molecule has 0 radical (unpaired) electrons. The number of hydrogen-bond donors (Lipinski definition) is 1. The number of amides is 2. The van der Waals surface area contributed by atoms with Crippen LogP contribution in [0.4, 0.5) is 5.69 Å². The fourth-order valence-electron chi connectivity index (χ4n) is 3.19. The van der Waals surface area contributed by atoms with Gasteiger partial charge in [0.05, 0.1) is 17.5 Å². The van der Waals surface area contributed by atoms with E-state index < -0.39 is 0 Å². The van der Waals surface area contributed by atoms with Gasteiger partial charge < -0.3 is 5.11 Å². The molecule has 1 heterocycles. The van der Waals surface area contributed by atoms with Gasteiger partial charge in [-0.1, -0.05) is 24.3 Å². The lowest BCUT2D eigenvalue weighted by atomic mass is 9.85. The van der Waals surface area contributed by atoms with Crippen molar-refractivity contribution in [1.29, 1.82) is 0 Å². The van der Waals surface area contributed by atoms with Gasteiger partial charge in [-0.2, -0.15) is 0 Å². The van der Waals surface area contributed by atoms with Crippen LogP contribution < -0.4 is 4.90 Å². The van der Waals surface area contributed by atoms with Gasteiger partial charge in [-0.05, 0) is 43.4 Å². The van der Waals surface area contributed by atoms with Gasteiger partial charge in [0.2, 0.25) is 11.8 Å². The van der Waals surface area contributed by atoms with Crippen LogP contribution in [0.15, 0.2) is 36.4 Å². The predicted molar refractivity (Wildman–Crippen MR) is 79.7 cm³/mol. The van der Waals surface area contributed by atoms with Gasteiger partial charge in [0.1, 0.15) is 0 Å². The maximum absolute atomic E-state index is 12.5. The van der Waals surface area contributed by atoms with E-state index in [1.807, 2.05) is 36.4 Å². The Morgan fingerprint density at radius 1 is 1.10 bits per heavy atom. The molecule has 0 bridgehead atoms. The highest BCUT2D eigenvalue weighted by Gasteiger charge is 2.47. The molecule has 2 amide bonds. The zero-order valence-electron chi connectivity index (χ0n) is 11.9. The highest BCUT2D eigenvalue weighted by Crippen LogP contribution is 2.37. The van der Waals surface area contributed by atoms with Gasteiger partial charge in [-0.3, -0.25) is 14.5 Å². The number of rotatable bonds is 4. The van der Waals surface area contributed by atoms with E-state index in [1.165, 1.54) is 4.90 Å². The number of aliphatic hydroxyl groups excluding tert-OH is 1. The molecule has 1 aromatic carbocycles. The van der Waals surface area contributed by atoms with Crippen LogP contribution in [0.5, 0.6) is 0 Å². The van der Waals surface area contributed by atoms with Gasteiger partial charge >= 0.3 is 0 Å². The Labute approximate surface area is 124 Å². The van der Waals surface area contributed by atoms with Crippen LogP contribution in [0, 0.1) is 11.8 Å². The van der Waals surface area contributed by atoms with Crippen molar-refractivity contribution in [2.75, 3.05) is 11.5 Å². The van der Waals surface area contributed by atoms with E-state index in [0.29, 0.717) is 24.9 Å². The molecule has 2 atom stereocenters. The summed E-state index contributed by atoms with van der Waals surface area (Å²) in [6.07, 6.45) is 6.74. The number of aryl methyl sites for hydroxylation is 1. The second-order valence-electron chi connectivity index (χ2n) is 5.66. The lowest BCUT2D eigenvalue weighted by Gasteiger charge is -2.15. The van der Waals surface area contributed by atoms with Crippen LogP contribution in [0.3, 0.4) is 0 Å². The normalized spacial score (nSPS) is 24.5. The lowest BCUT2D eigenvalue weighted by Crippen LogP contribution is -2.30. The summed E-state index contributed by atoms with van der Waals surface area (Å²) in [7, 11) is 0. The molecule has 4 nitrogen and oxygen atoms in total. The van der Waals surface area contributed by atoms with E-state index >= 15 is 0 Å². The Morgan fingerprint density at radius 2 is 1.76 bits per heavy atom. The fraction of sp³-hybridized carbons (Fsp3) is 0.412. The Bertz CT molecular complexity index is 567. The molecule has 21 heavy (non-hydrogen) atoms. The predicted octanol–water partition coefficient (Wildman–Crippen LogP) is 2.07. The van der Waals surface area contributed by atoms with Crippen LogP contribution in [-0.2, 0) is 16.0 Å². The molecular formula is C17H19NO3. The van der Waals surface area contributed by atoms with Gasteiger partial charge in [0, 0.05) is 6.61 Å². The number of benzene rings is 1. The summed E-state index contributed by atoms with van der Waals surface area (Å²) in [6, 6.07) is 7.51. The molecule has 2 aliphatic rings. The minimum atomic E-state index is -0.191. The molecule has 0 spiro atoms. The van der Waals surface area contributed by atoms with Crippen LogP contribution >= 0.6 is 0 Å². The average molecular weight is 285 g/mol. The van der Waals surface area contributed by atoms with Crippen molar-refractivity contribution in [3.8, 4) is 0 Å². The molecule has 4 heteroatoms. The summed E-state index contributed by atoms with van der Waals surface area (Å²) in [4.78, 5) is 26.4. The summed E-state index contributed by atoms with van der Waals surface area (Å²) >= 11 is 0. The smallest absolute Gasteiger partial charge is 0.238 e. The first-order chi connectivity index (χ1) is 10.2. The number of carbonyl (C=O) groups is 2. The second kappa shape index (κ2) is 5.82. The van der Waals surface area contributed by atoms with Crippen LogP contribution in [-0.4, -0.2) is 23.5 Å². The molecule has 110 valence electrons. The molecule has 3 rings (SSSR count). The molecular weight excluding hydrogens is 266 g/mol. The topological polar surface area (TPSA) is 57.6 Å². The molecule has 1 fully saturated rings. The molecule has 0 unspecified atom stereocenters. The minimum absolute atomic E-state index is 0.0753. The molecule has 1 aromatic rings. The van der Waals surface area contributed by atoms with Crippen molar-refractivity contribution < 1.29 is 14.7 Å². The van der Waals surface area contributed by atoms with Crippen molar-refractivity contribution in [3.05, 3.63) is 42.0 Å². The standard InChI is InChI=1S/C17H19NO3/c19-10-4-6-12-5-3-7-13(11-12)18-16(20)14-8-1-2-9-15(14)17(18)21/h1-3,5,7,11,14-15,19H,4,6,8-10H2/t14-,15+. The maximum Gasteiger partial charge on any atom is 0.238 e. The van der Waals surface area contributed by atoms with Gasteiger partial charge in [0.25, 0.3) is 0 Å². The van der Waals surface area contributed by atoms with Crippen LogP contribution in [0.25, 0.3) is 0 Å². The van der Waals surface area contributed by atoms with E-state index in [1.54, 1.807) is 0 Å². The summed E-state index contributed by atoms with van der Waals surface area (Å²) < 4.78 is 0. The number of fused-ring (bicyclic) bond motifs is 1. The van der Waals surface area contributed by atoms with E-state index in [4.69, 9.17) is 5.11 Å². The monoisotopic (exact) mass is 285 g/mol. The van der Waals surface area contributed by atoms with E-state index in [-0.39, 0.29) is 30.3 Å². The number of aliphatic hydroxyl groups is 1. The van der Waals surface area contributed by atoms with E-state index in [9.17, 15) is 9.59 Å². The van der Waals surface area contributed by atoms with Crippen molar-refractivity contribution >= 4 is 17.5 Å². The first kappa shape index (κ1) is 14.0. The van der Waals surface area contributed by atoms with Gasteiger partial charge in [-0.25, -0.2) is 0 Å². The summed E-state index contributed by atoms with van der Waals surface area (Å²) in [5.74, 6) is -0.533. The van der Waals surface area contributed by atoms with E-state index in [2.05, 4.69) is 0 Å². The average Bonchev–Trinajstić information content (AvgIpc) is 2.78.